The summed E-state index contributed by atoms with van der Waals surface area (Å²) in [4.78, 5) is 39.1. The van der Waals surface area contributed by atoms with Gasteiger partial charge < -0.3 is 9.80 Å². The number of anilines is 2. The molecule has 36 heavy (non-hydrogen) atoms. The fourth-order valence-corrected chi connectivity index (χ4v) is 5.50. The van der Waals surface area contributed by atoms with Gasteiger partial charge in [-0.15, -0.1) is 0 Å². The second kappa shape index (κ2) is 9.47. The second-order valence-electron chi connectivity index (χ2n) is 10.2. The maximum atomic E-state index is 13.6. The number of hydrazine groups is 1. The van der Waals surface area contributed by atoms with Crippen LogP contribution in [0.25, 0.3) is 0 Å². The molecule has 0 atom stereocenters. The summed E-state index contributed by atoms with van der Waals surface area (Å²) in [5.41, 5.74) is 2.07. The molecule has 2 amide bonds. The van der Waals surface area contributed by atoms with Gasteiger partial charge in [0.25, 0.3) is 17.7 Å². The third-order valence-corrected chi connectivity index (χ3v) is 8.26. The molecule has 5 rings (SSSR count). The first-order valence-electron chi connectivity index (χ1n) is 12.2. The van der Waals surface area contributed by atoms with E-state index < -0.39 is 17.7 Å². The summed E-state index contributed by atoms with van der Waals surface area (Å²) in [6.07, 6.45) is 4.16. The van der Waals surface area contributed by atoms with Crippen LogP contribution < -0.4 is 15.6 Å². The van der Waals surface area contributed by atoms with Gasteiger partial charge in [0.15, 0.2) is 0 Å². The van der Waals surface area contributed by atoms with E-state index in [-0.39, 0.29) is 37.6 Å². The van der Waals surface area contributed by atoms with Crippen molar-refractivity contribution in [1.82, 2.24) is 15.0 Å². The van der Waals surface area contributed by atoms with E-state index in [1.807, 2.05) is 12.1 Å². The van der Waals surface area contributed by atoms with Crippen molar-refractivity contribution in [3.8, 4) is 0 Å². The van der Waals surface area contributed by atoms with Crippen molar-refractivity contribution in [2.75, 3.05) is 36.0 Å². The first-order chi connectivity index (χ1) is 17.1. The Morgan fingerprint density at radius 3 is 2.22 bits per heavy atom. The van der Waals surface area contributed by atoms with Crippen LogP contribution in [-0.4, -0.2) is 58.9 Å². The molecule has 3 fully saturated rings. The zero-order chi connectivity index (χ0) is 25.7. The molecule has 8 nitrogen and oxygen atoms in total. The molecule has 2 N–H and O–H groups in total. The predicted molar refractivity (Wildman–Crippen MR) is 140 cm³/mol. The highest BCUT2D eigenvalue weighted by atomic mass is 127. The Hall–Kier alpha value is -2.41. The van der Waals surface area contributed by atoms with Gasteiger partial charge in [0.2, 0.25) is 5.95 Å². The molecule has 0 unspecified atom stereocenters. The first-order valence-corrected chi connectivity index (χ1v) is 13.3. The van der Waals surface area contributed by atoms with E-state index in [4.69, 9.17) is 5.84 Å². The van der Waals surface area contributed by atoms with Crippen molar-refractivity contribution in [1.29, 1.82) is 0 Å². The molecular weight excluding hydrogens is 581 g/mol. The molecule has 1 aliphatic carbocycles. The van der Waals surface area contributed by atoms with Gasteiger partial charge in [-0.1, -0.05) is 0 Å². The normalized spacial score (nSPS) is 20.4. The minimum Gasteiger partial charge on any atom is -0.371 e. The van der Waals surface area contributed by atoms with Crippen LogP contribution in [0.2, 0.25) is 0 Å². The number of imide groups is 1. The Morgan fingerprint density at radius 2 is 1.58 bits per heavy atom. The summed E-state index contributed by atoms with van der Waals surface area (Å²) in [6, 6.07) is 6.93. The number of aryl methyl sites for hydroxylation is 1. The molecule has 1 aromatic carbocycles. The van der Waals surface area contributed by atoms with E-state index >= 15 is 0 Å². The smallest absolute Gasteiger partial charge is 0.293 e. The van der Waals surface area contributed by atoms with Gasteiger partial charge >= 0.3 is 0 Å². The Labute approximate surface area is 222 Å². The predicted octanol–water partition coefficient (Wildman–Crippen LogP) is 4.16. The summed E-state index contributed by atoms with van der Waals surface area (Å²) >= 11 is 2.21. The molecule has 2 saturated heterocycles. The number of benzene rings is 1. The average molecular weight is 610 g/mol. The number of nitrogens with zero attached hydrogens (tertiary/aromatic N) is 5. The molecule has 11 heteroatoms. The number of hydrogen-bond acceptors (Lipinski definition) is 7. The van der Waals surface area contributed by atoms with Crippen molar-refractivity contribution in [3.05, 3.63) is 44.8 Å². The van der Waals surface area contributed by atoms with Crippen molar-refractivity contribution in [3.63, 3.8) is 0 Å². The number of alkyl halides is 2. The quantitative estimate of drug-likeness (QED) is 0.183. The molecule has 0 bridgehead atoms. The number of aromatic nitrogens is 2. The Kier molecular flexibility index (Phi) is 6.64. The number of hydrogen-bond donors (Lipinski definition) is 1. The highest BCUT2D eigenvalue weighted by molar-refractivity contribution is 14.1. The molecule has 0 radical (unpaired) electrons. The number of halogens is 3. The Morgan fingerprint density at radius 1 is 0.944 bits per heavy atom. The summed E-state index contributed by atoms with van der Waals surface area (Å²) < 4.78 is 28.2. The van der Waals surface area contributed by atoms with E-state index in [1.165, 1.54) is 18.9 Å². The monoisotopic (exact) mass is 610 g/mol. The van der Waals surface area contributed by atoms with Crippen LogP contribution in [-0.2, 0) is 0 Å². The average Bonchev–Trinajstić information content (AvgIpc) is 3.61. The third-order valence-electron chi connectivity index (χ3n) is 7.59. The van der Waals surface area contributed by atoms with Crippen LogP contribution in [0.5, 0.6) is 0 Å². The van der Waals surface area contributed by atoms with E-state index in [1.54, 1.807) is 17.9 Å². The lowest BCUT2D eigenvalue weighted by Gasteiger charge is -2.35. The number of nitrogens with two attached hydrogens (primary N) is 1. The van der Waals surface area contributed by atoms with Crippen LogP contribution in [0, 0.1) is 15.9 Å². The van der Waals surface area contributed by atoms with Crippen LogP contribution in [0.3, 0.4) is 0 Å². The van der Waals surface area contributed by atoms with Crippen molar-refractivity contribution >= 4 is 46.0 Å². The van der Waals surface area contributed by atoms with Gasteiger partial charge in [-0.3, -0.25) is 9.59 Å². The lowest BCUT2D eigenvalue weighted by molar-refractivity contribution is -0.0222. The van der Waals surface area contributed by atoms with E-state index in [0.717, 1.165) is 35.2 Å². The highest BCUT2D eigenvalue weighted by Gasteiger charge is 2.45. The number of amides is 2. The maximum Gasteiger partial charge on any atom is 0.293 e. The minimum atomic E-state index is -2.71. The van der Waals surface area contributed by atoms with E-state index in [9.17, 15) is 18.4 Å². The summed E-state index contributed by atoms with van der Waals surface area (Å²) in [5, 5.41) is 0.591. The second-order valence-corrected chi connectivity index (χ2v) is 11.4. The molecule has 2 aromatic rings. The van der Waals surface area contributed by atoms with E-state index in [2.05, 4.69) is 37.5 Å². The Balaban J connectivity index is 1.36. The molecule has 3 aliphatic rings. The fourth-order valence-electron chi connectivity index (χ4n) is 5.03. The van der Waals surface area contributed by atoms with Crippen LogP contribution in [0.4, 0.5) is 20.4 Å². The summed E-state index contributed by atoms with van der Waals surface area (Å²) in [7, 11) is 0. The summed E-state index contributed by atoms with van der Waals surface area (Å²) in [5.74, 6) is 2.16. The Bertz CT molecular complexity index is 1190. The van der Waals surface area contributed by atoms with Crippen LogP contribution in [0.1, 0.15) is 65.1 Å². The largest absolute Gasteiger partial charge is 0.371 e. The SMILES string of the molecule is Cc1cc(C(=O)N(N)C(=O)c2ccc(I)cc2N2CCC3(CC2)CC3)nc(N2CCC(F)(F)CC2)n1. The number of carbonyl (C=O) groups excluding carboxylic acids is 2. The highest BCUT2D eigenvalue weighted by Crippen LogP contribution is 2.54. The topological polar surface area (TPSA) is 95.7 Å². The third kappa shape index (κ3) is 5.17. The standard InChI is InChI=1S/C25H29F2IN6O2/c1-16-14-19(31-23(30-16)33-12-8-25(26,27)9-13-33)22(36)34(29)21(35)18-3-2-17(28)15-20(18)32-10-6-24(4-5-24)7-11-32/h2-3,14-15H,4-13,29H2,1H3. The van der Waals surface area contributed by atoms with Gasteiger partial charge in [-0.25, -0.2) is 29.6 Å². The van der Waals surface area contributed by atoms with Crippen molar-refractivity contribution < 1.29 is 18.4 Å². The van der Waals surface area contributed by atoms with Crippen LogP contribution >= 0.6 is 22.6 Å². The molecule has 1 spiro atoms. The number of carbonyl (C=O) groups is 2. The zero-order valence-electron chi connectivity index (χ0n) is 20.1. The molecule has 192 valence electrons. The lowest BCUT2D eigenvalue weighted by atomic mass is 9.93. The van der Waals surface area contributed by atoms with Gasteiger partial charge in [0.05, 0.1) is 11.3 Å². The van der Waals surface area contributed by atoms with Crippen molar-refractivity contribution in [2.24, 2.45) is 11.3 Å². The molecule has 2 aliphatic heterocycles. The first kappa shape index (κ1) is 25.2. The van der Waals surface area contributed by atoms with E-state index in [0.29, 0.717) is 21.7 Å². The van der Waals surface area contributed by atoms with Gasteiger partial charge in [0, 0.05) is 48.3 Å². The van der Waals surface area contributed by atoms with Gasteiger partial charge in [-0.2, -0.15) is 0 Å². The molecular formula is C25H29F2IN6O2. The number of rotatable bonds is 4. The van der Waals surface area contributed by atoms with Crippen molar-refractivity contribution in [2.45, 2.75) is 51.4 Å². The molecule has 3 heterocycles. The number of piperidine rings is 2. The minimum absolute atomic E-state index is 0.0496. The van der Waals surface area contributed by atoms with Gasteiger partial charge in [0.1, 0.15) is 5.69 Å². The fraction of sp³-hybridized carbons (Fsp3) is 0.520. The van der Waals surface area contributed by atoms with Gasteiger partial charge in [-0.05, 0) is 84.9 Å². The zero-order valence-corrected chi connectivity index (χ0v) is 22.3. The molecule has 1 aromatic heterocycles. The molecule has 1 saturated carbocycles. The summed E-state index contributed by atoms with van der Waals surface area (Å²) in [6.45, 7) is 3.57. The maximum absolute atomic E-state index is 13.6. The van der Waals surface area contributed by atoms with Crippen LogP contribution in [0.15, 0.2) is 24.3 Å². The lowest BCUT2D eigenvalue weighted by Crippen LogP contribution is -2.44.